The Hall–Kier alpha value is -1.37. The molecule has 0 saturated carbocycles. The fraction of sp³-hybridized carbons (Fsp3) is 0.500. The molecule has 0 bridgehead atoms. The van der Waals surface area contributed by atoms with Gasteiger partial charge in [0.25, 0.3) is 0 Å². The van der Waals surface area contributed by atoms with E-state index in [4.69, 9.17) is 4.74 Å². The fourth-order valence-electron chi connectivity index (χ4n) is 2.32. The minimum absolute atomic E-state index is 0.0422. The van der Waals surface area contributed by atoms with Crippen molar-refractivity contribution in [2.75, 3.05) is 20.3 Å². The third kappa shape index (κ3) is 1.95. The van der Waals surface area contributed by atoms with Crippen LogP contribution >= 0.6 is 0 Å². The van der Waals surface area contributed by atoms with Gasteiger partial charge in [0, 0.05) is 0 Å². The molecule has 3 heteroatoms. The lowest BCUT2D eigenvalue weighted by Gasteiger charge is -2.41. The lowest BCUT2D eigenvalue weighted by atomic mass is 9.76. The quantitative estimate of drug-likeness (QED) is 0.865. The Labute approximate surface area is 102 Å². The van der Waals surface area contributed by atoms with Crippen LogP contribution in [-0.4, -0.2) is 20.3 Å². The summed E-state index contributed by atoms with van der Waals surface area (Å²) in [6.07, 6.45) is 0. The molecule has 1 heterocycles. The van der Waals surface area contributed by atoms with Crippen LogP contribution in [-0.2, 0) is 4.74 Å². The van der Waals surface area contributed by atoms with Gasteiger partial charge in [-0.3, -0.25) is 0 Å². The first kappa shape index (κ1) is 12.1. The Morgan fingerprint density at radius 2 is 2.06 bits per heavy atom. The van der Waals surface area contributed by atoms with Gasteiger partial charge in [-0.05, 0) is 37.6 Å². The number of nitrogens with zero attached hydrogens (tertiary/aromatic N) is 1. The molecule has 3 nitrogen and oxygen atoms in total. The van der Waals surface area contributed by atoms with Crippen LogP contribution in [0.3, 0.4) is 0 Å². The molecule has 1 N–H and O–H groups in total. The topological polar surface area (TPSA) is 45.0 Å². The highest BCUT2D eigenvalue weighted by Gasteiger charge is 2.46. The van der Waals surface area contributed by atoms with E-state index in [-0.39, 0.29) is 6.04 Å². The number of aryl methyl sites for hydroxylation is 2. The van der Waals surface area contributed by atoms with Crippen molar-refractivity contribution in [1.29, 1.82) is 5.26 Å². The molecule has 0 amide bonds. The summed E-state index contributed by atoms with van der Waals surface area (Å²) in [6.45, 7) is 5.23. The van der Waals surface area contributed by atoms with E-state index in [9.17, 15) is 5.26 Å². The number of hydrogen-bond acceptors (Lipinski definition) is 3. The predicted molar refractivity (Wildman–Crippen MR) is 66.6 cm³/mol. The van der Waals surface area contributed by atoms with Crippen molar-refractivity contribution < 1.29 is 4.74 Å². The monoisotopic (exact) mass is 230 g/mol. The molecule has 0 spiro atoms. The van der Waals surface area contributed by atoms with Gasteiger partial charge in [0.1, 0.15) is 5.41 Å². The summed E-state index contributed by atoms with van der Waals surface area (Å²) in [4.78, 5) is 0. The van der Waals surface area contributed by atoms with Gasteiger partial charge in [-0.15, -0.1) is 0 Å². The molecule has 0 aromatic heterocycles. The van der Waals surface area contributed by atoms with Gasteiger partial charge in [-0.2, -0.15) is 5.26 Å². The van der Waals surface area contributed by atoms with E-state index in [1.54, 1.807) is 0 Å². The Morgan fingerprint density at radius 3 is 2.47 bits per heavy atom. The summed E-state index contributed by atoms with van der Waals surface area (Å²) >= 11 is 0. The summed E-state index contributed by atoms with van der Waals surface area (Å²) in [6, 6.07) is 8.82. The molecule has 0 aliphatic carbocycles. The van der Waals surface area contributed by atoms with Crippen molar-refractivity contribution in [1.82, 2.24) is 5.32 Å². The van der Waals surface area contributed by atoms with Crippen LogP contribution in [0.1, 0.15) is 22.7 Å². The van der Waals surface area contributed by atoms with Gasteiger partial charge in [0.2, 0.25) is 0 Å². The molecule has 1 fully saturated rings. The highest BCUT2D eigenvalue weighted by Crippen LogP contribution is 2.40. The summed E-state index contributed by atoms with van der Waals surface area (Å²) in [5.41, 5.74) is 3.30. The number of nitrogens with one attached hydrogen (secondary N) is 1. The number of benzene rings is 1. The average molecular weight is 230 g/mol. The first-order chi connectivity index (χ1) is 8.13. The Morgan fingerprint density at radius 1 is 1.35 bits per heavy atom. The Kier molecular flexibility index (Phi) is 3.19. The predicted octanol–water partition coefficient (Wildman–Crippen LogP) is 2.10. The van der Waals surface area contributed by atoms with E-state index in [0.717, 1.165) is 0 Å². The van der Waals surface area contributed by atoms with Crippen molar-refractivity contribution >= 4 is 0 Å². The molecule has 1 aromatic rings. The van der Waals surface area contributed by atoms with Crippen LogP contribution in [0.15, 0.2) is 18.2 Å². The molecule has 1 aromatic carbocycles. The normalized spacial score (nSPS) is 19.2. The van der Waals surface area contributed by atoms with Crippen molar-refractivity contribution in [3.8, 4) is 6.07 Å². The molecule has 1 unspecified atom stereocenters. The summed E-state index contributed by atoms with van der Waals surface area (Å²) in [7, 11) is 1.90. The first-order valence-electron chi connectivity index (χ1n) is 5.86. The zero-order valence-corrected chi connectivity index (χ0v) is 10.6. The molecule has 1 atom stereocenters. The highest BCUT2D eigenvalue weighted by atomic mass is 16.5. The minimum Gasteiger partial charge on any atom is -0.378 e. The van der Waals surface area contributed by atoms with E-state index >= 15 is 0 Å². The molecule has 1 aliphatic heterocycles. The Bertz CT molecular complexity index is 458. The molecule has 1 saturated heterocycles. The second kappa shape index (κ2) is 4.48. The zero-order valence-electron chi connectivity index (χ0n) is 10.6. The number of hydrogen-bond donors (Lipinski definition) is 1. The lowest BCUT2D eigenvalue weighted by Crippen LogP contribution is -2.50. The zero-order chi connectivity index (χ0) is 12.5. The molecule has 0 radical (unpaired) electrons. The maximum absolute atomic E-state index is 9.35. The number of ether oxygens (including phenoxy) is 1. The van der Waals surface area contributed by atoms with Crippen molar-refractivity contribution in [2.45, 2.75) is 19.9 Å². The summed E-state index contributed by atoms with van der Waals surface area (Å²) in [5, 5.41) is 12.6. The van der Waals surface area contributed by atoms with Gasteiger partial charge in [-0.1, -0.05) is 18.2 Å². The largest absolute Gasteiger partial charge is 0.378 e. The molecule has 90 valence electrons. The van der Waals surface area contributed by atoms with Crippen LogP contribution in [0.25, 0.3) is 0 Å². The summed E-state index contributed by atoms with van der Waals surface area (Å²) < 4.78 is 5.22. The van der Waals surface area contributed by atoms with Crippen LogP contribution in [0, 0.1) is 30.6 Å². The van der Waals surface area contributed by atoms with Gasteiger partial charge in [0.15, 0.2) is 0 Å². The average Bonchev–Trinajstić information content (AvgIpc) is 2.27. The minimum atomic E-state index is -0.406. The maximum atomic E-state index is 9.35. The van der Waals surface area contributed by atoms with Crippen molar-refractivity contribution in [2.24, 2.45) is 5.41 Å². The van der Waals surface area contributed by atoms with Crippen molar-refractivity contribution in [3.63, 3.8) is 0 Å². The SMILES string of the molecule is CNC(c1ccc(C)c(C)c1)C1(C#N)COC1. The smallest absolute Gasteiger partial charge is 0.123 e. The molecule has 17 heavy (non-hydrogen) atoms. The third-order valence-electron chi connectivity index (χ3n) is 3.65. The van der Waals surface area contributed by atoms with Gasteiger partial charge in [0.05, 0.1) is 25.3 Å². The van der Waals surface area contributed by atoms with Gasteiger partial charge in [-0.25, -0.2) is 0 Å². The van der Waals surface area contributed by atoms with Crippen LogP contribution in [0.5, 0.6) is 0 Å². The number of rotatable bonds is 3. The van der Waals surface area contributed by atoms with Crippen LogP contribution in [0.2, 0.25) is 0 Å². The second-order valence-corrected chi connectivity index (χ2v) is 4.83. The second-order valence-electron chi connectivity index (χ2n) is 4.83. The van der Waals surface area contributed by atoms with Gasteiger partial charge < -0.3 is 10.1 Å². The van der Waals surface area contributed by atoms with Gasteiger partial charge >= 0.3 is 0 Å². The number of nitriles is 1. The van der Waals surface area contributed by atoms with E-state index in [2.05, 4.69) is 43.4 Å². The van der Waals surface area contributed by atoms with Crippen LogP contribution < -0.4 is 5.32 Å². The fourth-order valence-corrected chi connectivity index (χ4v) is 2.32. The molecular weight excluding hydrogens is 212 g/mol. The Balaban J connectivity index is 2.36. The van der Waals surface area contributed by atoms with E-state index in [1.807, 2.05) is 7.05 Å². The molecular formula is C14H18N2O. The highest BCUT2D eigenvalue weighted by molar-refractivity contribution is 5.34. The maximum Gasteiger partial charge on any atom is 0.123 e. The van der Waals surface area contributed by atoms with E-state index < -0.39 is 5.41 Å². The first-order valence-corrected chi connectivity index (χ1v) is 5.86. The summed E-state index contributed by atoms with van der Waals surface area (Å²) in [5.74, 6) is 0. The van der Waals surface area contributed by atoms with E-state index in [0.29, 0.717) is 13.2 Å². The molecule has 1 aliphatic rings. The third-order valence-corrected chi connectivity index (χ3v) is 3.65. The van der Waals surface area contributed by atoms with Crippen LogP contribution in [0.4, 0.5) is 0 Å². The van der Waals surface area contributed by atoms with E-state index in [1.165, 1.54) is 16.7 Å². The van der Waals surface area contributed by atoms with Crippen molar-refractivity contribution in [3.05, 3.63) is 34.9 Å². The molecule has 2 rings (SSSR count). The lowest BCUT2D eigenvalue weighted by molar-refractivity contribution is -0.0963. The standard InChI is InChI=1S/C14H18N2O/c1-10-4-5-12(6-11(10)2)13(16-3)14(7-15)8-17-9-14/h4-6,13,16H,8-9H2,1-3H3.